The molecule has 0 atom stereocenters. The first-order chi connectivity index (χ1) is 5.29. The molecule has 1 heterocycles. The summed E-state index contributed by atoms with van der Waals surface area (Å²) in [5.41, 5.74) is 2.20. The zero-order valence-electron chi connectivity index (χ0n) is 6.89. The lowest BCUT2D eigenvalue weighted by Gasteiger charge is -2.03. The Kier molecular flexibility index (Phi) is 2.89. The summed E-state index contributed by atoms with van der Waals surface area (Å²) in [6, 6.07) is 1.97. The van der Waals surface area contributed by atoms with Crippen molar-refractivity contribution in [2.75, 3.05) is 0 Å². The quantitative estimate of drug-likeness (QED) is 0.664. The molecule has 1 aromatic heterocycles. The van der Waals surface area contributed by atoms with Gasteiger partial charge in [0.2, 0.25) is 0 Å². The van der Waals surface area contributed by atoms with Gasteiger partial charge in [0.25, 0.3) is 0 Å². The Morgan fingerprint density at radius 1 is 1.36 bits per heavy atom. The molecular weight excluding hydrogens is 158 g/mol. The molecule has 1 aromatic rings. The highest BCUT2D eigenvalue weighted by Crippen LogP contribution is 2.19. The van der Waals surface area contributed by atoms with Gasteiger partial charge in [0.15, 0.2) is 0 Å². The van der Waals surface area contributed by atoms with Crippen LogP contribution < -0.4 is 0 Å². The highest BCUT2D eigenvalue weighted by Gasteiger charge is 2.02. The maximum Gasteiger partial charge on any atom is 0.0653 e. The molecule has 0 radical (unpaired) electrons. The molecule has 1 rings (SSSR count). The van der Waals surface area contributed by atoms with Crippen molar-refractivity contribution < 1.29 is 0 Å². The van der Waals surface area contributed by atoms with Crippen molar-refractivity contribution in [3.05, 3.63) is 28.5 Å². The zero-order valence-corrected chi connectivity index (χ0v) is 7.65. The van der Waals surface area contributed by atoms with Crippen molar-refractivity contribution in [3.63, 3.8) is 0 Å². The molecule has 0 N–H and O–H groups in total. The van der Waals surface area contributed by atoms with Crippen LogP contribution in [-0.4, -0.2) is 4.98 Å². The van der Waals surface area contributed by atoms with E-state index in [9.17, 15) is 0 Å². The molecule has 0 unspecified atom stereocenters. The fraction of sp³-hybridized carbons (Fsp3) is 0.444. The Balaban J connectivity index is 3.10. The number of halogens is 1. The Morgan fingerprint density at radius 2 is 2.09 bits per heavy atom. The second-order valence-corrected chi connectivity index (χ2v) is 2.82. The summed E-state index contributed by atoms with van der Waals surface area (Å²) in [5.74, 6) is 0. The standard InChI is InChI=1S/C9H12ClN/c1-3-7-5-6-11-8(4-2)9(7)10/h5-6H,3-4H2,1-2H3. The van der Waals surface area contributed by atoms with Gasteiger partial charge in [-0.05, 0) is 24.5 Å². The first kappa shape index (κ1) is 8.54. The summed E-state index contributed by atoms with van der Waals surface area (Å²) >= 11 is 6.05. The van der Waals surface area contributed by atoms with Gasteiger partial charge in [-0.3, -0.25) is 4.98 Å². The zero-order chi connectivity index (χ0) is 8.27. The van der Waals surface area contributed by atoms with Crippen LogP contribution in [0.2, 0.25) is 5.02 Å². The minimum atomic E-state index is 0.845. The monoisotopic (exact) mass is 169 g/mol. The second kappa shape index (κ2) is 3.72. The van der Waals surface area contributed by atoms with Gasteiger partial charge in [0.1, 0.15) is 0 Å². The molecule has 0 aliphatic heterocycles. The van der Waals surface area contributed by atoms with E-state index in [0.29, 0.717) is 0 Å². The van der Waals surface area contributed by atoms with Gasteiger partial charge >= 0.3 is 0 Å². The normalized spacial score (nSPS) is 10.1. The fourth-order valence-electron chi connectivity index (χ4n) is 1.05. The average molecular weight is 170 g/mol. The lowest BCUT2D eigenvalue weighted by Crippen LogP contribution is -1.92. The largest absolute Gasteiger partial charge is 0.260 e. The van der Waals surface area contributed by atoms with E-state index in [1.54, 1.807) is 0 Å². The minimum absolute atomic E-state index is 0.845. The third-order valence-electron chi connectivity index (χ3n) is 1.76. The number of hydrogen-bond acceptors (Lipinski definition) is 1. The number of pyridine rings is 1. The van der Waals surface area contributed by atoms with E-state index in [-0.39, 0.29) is 0 Å². The number of rotatable bonds is 2. The van der Waals surface area contributed by atoms with E-state index >= 15 is 0 Å². The molecule has 0 spiro atoms. The van der Waals surface area contributed by atoms with Crippen LogP contribution in [0.25, 0.3) is 0 Å². The summed E-state index contributed by atoms with van der Waals surface area (Å²) < 4.78 is 0. The van der Waals surface area contributed by atoms with Gasteiger partial charge in [-0.15, -0.1) is 0 Å². The molecule has 0 amide bonds. The SMILES string of the molecule is CCc1ccnc(CC)c1Cl. The van der Waals surface area contributed by atoms with Crippen LogP contribution in [0.1, 0.15) is 25.1 Å². The molecule has 0 aliphatic rings. The Morgan fingerprint density at radius 3 is 2.64 bits per heavy atom. The maximum atomic E-state index is 6.05. The molecule has 0 bridgehead atoms. The first-order valence-corrected chi connectivity index (χ1v) is 4.29. The van der Waals surface area contributed by atoms with Crippen LogP contribution in [0, 0.1) is 0 Å². The van der Waals surface area contributed by atoms with Crippen LogP contribution in [0.5, 0.6) is 0 Å². The maximum absolute atomic E-state index is 6.05. The molecule has 60 valence electrons. The van der Waals surface area contributed by atoms with Crippen molar-refractivity contribution in [1.29, 1.82) is 0 Å². The third kappa shape index (κ3) is 1.72. The van der Waals surface area contributed by atoms with Gasteiger partial charge in [-0.1, -0.05) is 25.4 Å². The minimum Gasteiger partial charge on any atom is -0.260 e. The summed E-state index contributed by atoms with van der Waals surface area (Å²) in [6.45, 7) is 4.16. The van der Waals surface area contributed by atoms with Gasteiger partial charge < -0.3 is 0 Å². The summed E-state index contributed by atoms with van der Waals surface area (Å²) in [5, 5.41) is 0.845. The van der Waals surface area contributed by atoms with Crippen molar-refractivity contribution in [2.45, 2.75) is 26.7 Å². The molecule has 11 heavy (non-hydrogen) atoms. The first-order valence-electron chi connectivity index (χ1n) is 3.91. The van der Waals surface area contributed by atoms with Crippen LogP contribution in [0.4, 0.5) is 0 Å². The van der Waals surface area contributed by atoms with E-state index in [1.165, 1.54) is 5.56 Å². The van der Waals surface area contributed by atoms with Gasteiger partial charge in [-0.25, -0.2) is 0 Å². The molecular formula is C9H12ClN. The molecule has 0 saturated heterocycles. The van der Waals surface area contributed by atoms with Gasteiger partial charge in [0.05, 0.1) is 10.7 Å². The molecule has 0 aliphatic carbocycles. The summed E-state index contributed by atoms with van der Waals surface area (Å²) in [6.07, 6.45) is 3.71. The third-order valence-corrected chi connectivity index (χ3v) is 2.22. The number of aryl methyl sites for hydroxylation is 2. The molecule has 2 heteroatoms. The highest BCUT2D eigenvalue weighted by molar-refractivity contribution is 6.31. The Hall–Kier alpha value is -0.560. The number of hydrogen-bond donors (Lipinski definition) is 0. The van der Waals surface area contributed by atoms with Crippen LogP contribution in [-0.2, 0) is 12.8 Å². The Labute approximate surface area is 72.4 Å². The number of aromatic nitrogens is 1. The molecule has 0 fully saturated rings. The molecule has 0 aromatic carbocycles. The average Bonchev–Trinajstić information content (AvgIpc) is 2.05. The van der Waals surface area contributed by atoms with Gasteiger partial charge in [-0.2, -0.15) is 0 Å². The smallest absolute Gasteiger partial charge is 0.0653 e. The highest BCUT2D eigenvalue weighted by atomic mass is 35.5. The molecule has 0 saturated carbocycles. The topological polar surface area (TPSA) is 12.9 Å². The fourth-order valence-corrected chi connectivity index (χ4v) is 1.43. The lowest BCUT2D eigenvalue weighted by molar-refractivity contribution is 1.01. The van der Waals surface area contributed by atoms with E-state index in [4.69, 9.17) is 11.6 Å². The van der Waals surface area contributed by atoms with Crippen LogP contribution >= 0.6 is 11.6 Å². The Bertz CT molecular complexity index is 223. The second-order valence-electron chi connectivity index (χ2n) is 2.44. The number of nitrogens with zero attached hydrogens (tertiary/aromatic N) is 1. The van der Waals surface area contributed by atoms with Crippen molar-refractivity contribution in [3.8, 4) is 0 Å². The van der Waals surface area contributed by atoms with Crippen LogP contribution in [0.15, 0.2) is 12.3 Å². The van der Waals surface area contributed by atoms with E-state index < -0.39 is 0 Å². The summed E-state index contributed by atoms with van der Waals surface area (Å²) in [7, 11) is 0. The van der Waals surface area contributed by atoms with Gasteiger partial charge in [0, 0.05) is 6.20 Å². The van der Waals surface area contributed by atoms with Crippen molar-refractivity contribution >= 4 is 11.6 Å². The van der Waals surface area contributed by atoms with Crippen molar-refractivity contribution in [1.82, 2.24) is 4.98 Å². The lowest BCUT2D eigenvalue weighted by atomic mass is 10.1. The predicted octanol–water partition coefficient (Wildman–Crippen LogP) is 2.86. The van der Waals surface area contributed by atoms with E-state index in [1.807, 2.05) is 12.3 Å². The van der Waals surface area contributed by atoms with E-state index in [0.717, 1.165) is 23.6 Å². The van der Waals surface area contributed by atoms with Crippen molar-refractivity contribution in [2.24, 2.45) is 0 Å². The predicted molar refractivity (Wildman–Crippen MR) is 48.0 cm³/mol. The van der Waals surface area contributed by atoms with E-state index in [2.05, 4.69) is 18.8 Å². The molecule has 1 nitrogen and oxygen atoms in total. The van der Waals surface area contributed by atoms with Crippen LogP contribution in [0.3, 0.4) is 0 Å². The summed E-state index contributed by atoms with van der Waals surface area (Å²) in [4.78, 5) is 4.17.